The van der Waals surface area contributed by atoms with E-state index in [1.807, 2.05) is 24.3 Å². The van der Waals surface area contributed by atoms with Gasteiger partial charge in [-0.25, -0.2) is 9.89 Å². The lowest BCUT2D eigenvalue weighted by atomic mass is 10.2. The molecule has 96 valence electrons. The zero-order chi connectivity index (χ0) is 13.4. The first kappa shape index (κ1) is 11.8. The fraction of sp³-hybridized carbons (Fsp3) is 0.0833. The molecule has 0 bridgehead atoms. The van der Waals surface area contributed by atoms with Crippen LogP contribution < -0.4 is 11.4 Å². The number of nitrogens with one attached hydrogen (secondary N) is 1. The van der Waals surface area contributed by atoms with Gasteiger partial charge in [-0.15, -0.1) is 5.10 Å². The number of nitrogen functional groups attached to an aromatic ring is 1. The number of nitrogens with zero attached hydrogens (tertiary/aromatic N) is 3. The summed E-state index contributed by atoms with van der Waals surface area (Å²) in [4.78, 5) is 16.5. The van der Waals surface area contributed by atoms with Crippen LogP contribution in [0.5, 0.6) is 0 Å². The van der Waals surface area contributed by atoms with Crippen LogP contribution in [0, 0.1) is 0 Å². The van der Waals surface area contributed by atoms with Gasteiger partial charge >= 0.3 is 5.69 Å². The van der Waals surface area contributed by atoms with E-state index < -0.39 is 0 Å². The third-order valence-corrected chi connectivity index (χ3v) is 3.99. The van der Waals surface area contributed by atoms with Crippen molar-refractivity contribution < 1.29 is 0 Å². The predicted octanol–water partition coefficient (Wildman–Crippen LogP) is 1.39. The van der Waals surface area contributed by atoms with Crippen LogP contribution >= 0.6 is 11.8 Å². The van der Waals surface area contributed by atoms with E-state index in [2.05, 4.69) is 15.2 Å². The highest BCUT2D eigenvalue weighted by atomic mass is 32.2. The second-order valence-corrected chi connectivity index (χ2v) is 5.01. The van der Waals surface area contributed by atoms with Gasteiger partial charge in [0.1, 0.15) is 0 Å². The first-order chi connectivity index (χ1) is 9.16. The van der Waals surface area contributed by atoms with E-state index in [9.17, 15) is 4.79 Å². The number of aromatic nitrogens is 4. The van der Waals surface area contributed by atoms with Crippen molar-refractivity contribution in [1.82, 2.24) is 19.7 Å². The van der Waals surface area contributed by atoms with E-state index >= 15 is 0 Å². The van der Waals surface area contributed by atoms with Crippen molar-refractivity contribution in [3.63, 3.8) is 0 Å². The molecule has 0 amide bonds. The Hall–Kier alpha value is -2.28. The van der Waals surface area contributed by atoms with Gasteiger partial charge in [-0.05, 0) is 17.8 Å². The van der Waals surface area contributed by atoms with E-state index in [1.54, 1.807) is 13.2 Å². The minimum Gasteiger partial charge on any atom is -0.397 e. The number of nitrogens with two attached hydrogens (primary N) is 1. The van der Waals surface area contributed by atoms with E-state index in [1.165, 1.54) is 16.3 Å². The van der Waals surface area contributed by atoms with Crippen molar-refractivity contribution >= 4 is 28.4 Å². The van der Waals surface area contributed by atoms with E-state index in [0.717, 1.165) is 15.8 Å². The molecule has 0 saturated heterocycles. The normalized spacial score (nSPS) is 11.0. The molecule has 6 nitrogen and oxygen atoms in total. The summed E-state index contributed by atoms with van der Waals surface area (Å²) in [5.74, 6) is 0. The lowest BCUT2D eigenvalue weighted by Crippen LogP contribution is -2.12. The third-order valence-electron chi connectivity index (χ3n) is 2.79. The minimum absolute atomic E-state index is 0.251. The van der Waals surface area contributed by atoms with Crippen LogP contribution in [0.4, 0.5) is 5.69 Å². The highest BCUT2D eigenvalue weighted by molar-refractivity contribution is 7.99. The zero-order valence-electron chi connectivity index (χ0n) is 10.1. The second kappa shape index (κ2) is 4.43. The van der Waals surface area contributed by atoms with E-state index in [4.69, 9.17) is 5.73 Å². The number of hydrogen-bond acceptors (Lipinski definition) is 5. The van der Waals surface area contributed by atoms with Gasteiger partial charge in [0.05, 0.1) is 17.4 Å². The summed E-state index contributed by atoms with van der Waals surface area (Å²) in [6.45, 7) is 0. The summed E-state index contributed by atoms with van der Waals surface area (Å²) in [6.07, 6.45) is 1.62. The summed E-state index contributed by atoms with van der Waals surface area (Å²) in [6, 6.07) is 7.72. The molecule has 0 aliphatic rings. The fourth-order valence-electron chi connectivity index (χ4n) is 1.76. The maximum atomic E-state index is 11.4. The lowest BCUT2D eigenvalue weighted by Gasteiger charge is -2.07. The van der Waals surface area contributed by atoms with Crippen molar-refractivity contribution in [2.45, 2.75) is 10.1 Å². The Balaban J connectivity index is 2.17. The van der Waals surface area contributed by atoms with Crippen molar-refractivity contribution in [3.8, 4) is 0 Å². The molecule has 0 atom stereocenters. The fourth-order valence-corrected chi connectivity index (χ4v) is 2.71. The zero-order valence-corrected chi connectivity index (χ0v) is 10.9. The number of fused-ring (bicyclic) bond motifs is 1. The van der Waals surface area contributed by atoms with Crippen molar-refractivity contribution in [1.29, 1.82) is 0 Å². The maximum absolute atomic E-state index is 11.4. The smallest absolute Gasteiger partial charge is 0.343 e. The number of para-hydroxylation sites is 1. The highest BCUT2D eigenvalue weighted by Gasteiger charge is 2.12. The molecule has 2 aromatic heterocycles. The predicted molar refractivity (Wildman–Crippen MR) is 74.1 cm³/mol. The molecule has 0 unspecified atom stereocenters. The van der Waals surface area contributed by atoms with Crippen molar-refractivity contribution in [2.24, 2.45) is 7.05 Å². The van der Waals surface area contributed by atoms with Crippen LogP contribution in [-0.2, 0) is 7.05 Å². The number of benzene rings is 1. The molecule has 0 saturated carbocycles. The van der Waals surface area contributed by atoms with Crippen molar-refractivity contribution in [2.75, 3.05) is 5.73 Å². The molecule has 3 rings (SSSR count). The summed E-state index contributed by atoms with van der Waals surface area (Å²) in [5, 5.41) is 7.89. The summed E-state index contributed by atoms with van der Waals surface area (Å²) < 4.78 is 1.44. The molecule has 0 radical (unpaired) electrons. The lowest BCUT2D eigenvalue weighted by molar-refractivity contribution is 0.766. The molecule has 0 spiro atoms. The van der Waals surface area contributed by atoms with Gasteiger partial charge in [-0.2, -0.15) is 0 Å². The molecular formula is C12H11N5OS. The molecule has 1 aromatic carbocycles. The Morgan fingerprint density at radius 2 is 2.16 bits per heavy atom. The molecule has 0 aliphatic carbocycles. The van der Waals surface area contributed by atoms with Crippen LogP contribution in [0.15, 0.2) is 45.3 Å². The number of hydrogen-bond donors (Lipinski definition) is 2. The Morgan fingerprint density at radius 3 is 2.89 bits per heavy atom. The number of rotatable bonds is 2. The highest BCUT2D eigenvalue weighted by Crippen LogP contribution is 2.35. The first-order valence-corrected chi connectivity index (χ1v) is 6.41. The molecular weight excluding hydrogens is 262 g/mol. The minimum atomic E-state index is -0.251. The molecule has 3 aromatic rings. The van der Waals surface area contributed by atoms with Crippen molar-refractivity contribution in [3.05, 3.63) is 40.9 Å². The van der Waals surface area contributed by atoms with Gasteiger partial charge in [0.15, 0.2) is 5.16 Å². The van der Waals surface area contributed by atoms with Gasteiger partial charge in [-0.1, -0.05) is 18.2 Å². The van der Waals surface area contributed by atoms with Crippen LogP contribution in [0.25, 0.3) is 10.9 Å². The molecule has 0 fully saturated rings. The van der Waals surface area contributed by atoms with Crippen LogP contribution in [0.1, 0.15) is 0 Å². The van der Waals surface area contributed by atoms with Crippen LogP contribution in [0.2, 0.25) is 0 Å². The third kappa shape index (κ3) is 1.97. The van der Waals surface area contributed by atoms with Crippen LogP contribution in [-0.4, -0.2) is 19.7 Å². The van der Waals surface area contributed by atoms with Gasteiger partial charge in [0.2, 0.25) is 0 Å². The topological polar surface area (TPSA) is 89.6 Å². The Kier molecular flexibility index (Phi) is 2.75. The average molecular weight is 273 g/mol. The summed E-state index contributed by atoms with van der Waals surface area (Å²) >= 11 is 1.35. The Labute approximate surface area is 112 Å². The van der Waals surface area contributed by atoms with Gasteiger partial charge in [0, 0.05) is 17.3 Å². The molecule has 2 heterocycles. The Morgan fingerprint density at radius 1 is 1.37 bits per heavy atom. The summed E-state index contributed by atoms with van der Waals surface area (Å²) in [7, 11) is 1.66. The molecule has 19 heavy (non-hydrogen) atoms. The number of pyridine rings is 1. The number of aromatic amines is 1. The Bertz CT molecular complexity index is 807. The van der Waals surface area contributed by atoms with Gasteiger partial charge < -0.3 is 5.73 Å². The SMILES string of the molecule is Cn1c(Sc2c(N)cnc3ccccc23)n[nH]c1=O. The quantitative estimate of drug-likeness (QED) is 0.736. The first-order valence-electron chi connectivity index (χ1n) is 5.59. The number of H-pyrrole nitrogens is 1. The number of anilines is 1. The molecule has 0 aliphatic heterocycles. The van der Waals surface area contributed by atoms with E-state index in [0.29, 0.717) is 10.8 Å². The standard InChI is InChI=1S/C12H11N5OS/c1-17-11(18)15-16-12(17)19-10-7-4-2-3-5-9(7)14-6-8(10)13/h2-6H,13H2,1H3,(H,15,18). The van der Waals surface area contributed by atoms with Crippen LogP contribution in [0.3, 0.4) is 0 Å². The molecule has 7 heteroatoms. The summed E-state index contributed by atoms with van der Waals surface area (Å²) in [5.41, 5.74) is 7.16. The largest absolute Gasteiger partial charge is 0.397 e. The van der Waals surface area contributed by atoms with E-state index in [-0.39, 0.29) is 5.69 Å². The molecule has 3 N–H and O–H groups in total. The monoisotopic (exact) mass is 273 g/mol. The second-order valence-electron chi connectivity index (χ2n) is 4.03. The average Bonchev–Trinajstić information content (AvgIpc) is 2.74. The van der Waals surface area contributed by atoms with Gasteiger partial charge in [0.25, 0.3) is 0 Å². The maximum Gasteiger partial charge on any atom is 0.343 e. The van der Waals surface area contributed by atoms with Gasteiger partial charge in [-0.3, -0.25) is 9.55 Å².